The van der Waals surface area contributed by atoms with E-state index in [1.165, 1.54) is 12.1 Å². The number of nitrogens with two attached hydrogens (primary N) is 1. The summed E-state index contributed by atoms with van der Waals surface area (Å²) < 4.78 is 19.0. The van der Waals surface area contributed by atoms with Crippen LogP contribution in [0.3, 0.4) is 0 Å². The Morgan fingerprint density at radius 2 is 2.05 bits per heavy atom. The molecule has 0 unspecified atom stereocenters. The first-order valence-corrected chi connectivity index (χ1v) is 6.27. The number of nitriles is 1. The number of ether oxygens (including phenoxy) is 1. The molecule has 0 aliphatic rings. The van der Waals surface area contributed by atoms with Crippen molar-refractivity contribution in [3.63, 3.8) is 0 Å². The Kier molecular flexibility index (Phi) is 4.34. The molecule has 0 aliphatic carbocycles. The summed E-state index contributed by atoms with van der Waals surface area (Å²) in [6.45, 7) is 2.06. The second-order valence-corrected chi connectivity index (χ2v) is 4.58. The van der Waals surface area contributed by atoms with E-state index in [2.05, 4.69) is 0 Å². The fourth-order valence-corrected chi connectivity index (χ4v) is 1.95. The molecule has 0 saturated carbocycles. The van der Waals surface area contributed by atoms with Gasteiger partial charge in [-0.15, -0.1) is 0 Å². The topological polar surface area (TPSA) is 59.0 Å². The first-order valence-electron chi connectivity index (χ1n) is 6.27. The highest BCUT2D eigenvalue weighted by atomic mass is 19.1. The summed E-state index contributed by atoms with van der Waals surface area (Å²) in [4.78, 5) is 0. The molecule has 0 spiro atoms. The second-order valence-electron chi connectivity index (χ2n) is 4.58. The Morgan fingerprint density at radius 1 is 1.30 bits per heavy atom. The maximum atomic E-state index is 13.3. The lowest BCUT2D eigenvalue weighted by Gasteiger charge is -2.14. The van der Waals surface area contributed by atoms with Crippen molar-refractivity contribution in [3.05, 3.63) is 65.0 Å². The largest absolute Gasteiger partial charge is 0.489 e. The number of benzene rings is 2. The van der Waals surface area contributed by atoms with E-state index in [0.29, 0.717) is 11.3 Å². The standard InChI is InChI=1S/C16H15FN2O/c1-11(19)15-4-2-3-5-16(15)20-10-13-6-12(9-18)7-14(17)8-13/h2-8,11H,10,19H2,1H3/t11-/m1/s1. The summed E-state index contributed by atoms with van der Waals surface area (Å²) >= 11 is 0. The van der Waals surface area contributed by atoms with Crippen molar-refractivity contribution in [1.29, 1.82) is 5.26 Å². The van der Waals surface area contributed by atoms with E-state index in [4.69, 9.17) is 15.7 Å². The predicted molar refractivity (Wildman–Crippen MR) is 74.5 cm³/mol. The minimum absolute atomic E-state index is 0.145. The molecule has 0 aliphatic heterocycles. The van der Waals surface area contributed by atoms with Gasteiger partial charge >= 0.3 is 0 Å². The van der Waals surface area contributed by atoms with E-state index in [1.807, 2.05) is 37.3 Å². The highest BCUT2D eigenvalue weighted by Crippen LogP contribution is 2.24. The summed E-state index contributed by atoms with van der Waals surface area (Å²) in [6, 6.07) is 13.4. The SMILES string of the molecule is C[C@@H](N)c1ccccc1OCc1cc(F)cc(C#N)c1. The summed E-state index contributed by atoms with van der Waals surface area (Å²) in [5.74, 6) is 0.230. The van der Waals surface area contributed by atoms with Gasteiger partial charge in [0.05, 0.1) is 11.6 Å². The first kappa shape index (κ1) is 14.0. The van der Waals surface area contributed by atoms with Crippen LogP contribution in [0.15, 0.2) is 42.5 Å². The fraction of sp³-hybridized carbons (Fsp3) is 0.188. The van der Waals surface area contributed by atoms with Gasteiger partial charge in [-0.3, -0.25) is 0 Å². The Labute approximate surface area is 117 Å². The number of para-hydroxylation sites is 1. The molecule has 0 saturated heterocycles. The van der Waals surface area contributed by atoms with Gasteiger partial charge in [0.25, 0.3) is 0 Å². The van der Waals surface area contributed by atoms with Gasteiger partial charge in [0, 0.05) is 11.6 Å². The van der Waals surface area contributed by atoms with Crippen molar-refractivity contribution in [2.24, 2.45) is 5.73 Å². The zero-order valence-corrected chi connectivity index (χ0v) is 11.1. The van der Waals surface area contributed by atoms with E-state index >= 15 is 0 Å². The molecule has 2 aromatic carbocycles. The van der Waals surface area contributed by atoms with Crippen molar-refractivity contribution in [2.45, 2.75) is 19.6 Å². The number of rotatable bonds is 4. The first-order chi connectivity index (χ1) is 9.60. The Hall–Kier alpha value is -2.38. The molecule has 102 valence electrons. The molecule has 0 bridgehead atoms. The van der Waals surface area contributed by atoms with Gasteiger partial charge in [-0.25, -0.2) is 4.39 Å². The normalized spacial score (nSPS) is 11.7. The zero-order valence-electron chi connectivity index (χ0n) is 11.1. The molecular weight excluding hydrogens is 255 g/mol. The van der Waals surface area contributed by atoms with Gasteiger partial charge in [0.1, 0.15) is 18.2 Å². The lowest BCUT2D eigenvalue weighted by Crippen LogP contribution is -2.08. The van der Waals surface area contributed by atoms with Crippen LogP contribution in [0, 0.1) is 17.1 Å². The highest BCUT2D eigenvalue weighted by Gasteiger charge is 2.08. The minimum atomic E-state index is -0.442. The Balaban J connectivity index is 2.17. The third kappa shape index (κ3) is 3.34. The van der Waals surface area contributed by atoms with Crippen LogP contribution < -0.4 is 10.5 Å². The predicted octanol–water partition coefficient (Wildman–Crippen LogP) is 3.30. The van der Waals surface area contributed by atoms with E-state index in [0.717, 1.165) is 5.56 Å². The number of hydrogen-bond acceptors (Lipinski definition) is 3. The molecule has 0 radical (unpaired) electrons. The molecule has 1 atom stereocenters. The summed E-state index contributed by atoms with van der Waals surface area (Å²) in [5, 5.41) is 8.81. The van der Waals surface area contributed by atoms with Crippen LogP contribution in [-0.4, -0.2) is 0 Å². The maximum absolute atomic E-state index is 13.3. The average Bonchev–Trinajstić information content (AvgIpc) is 2.44. The molecule has 4 heteroatoms. The number of halogens is 1. The van der Waals surface area contributed by atoms with Gasteiger partial charge in [0.15, 0.2) is 0 Å². The third-order valence-corrected chi connectivity index (χ3v) is 2.89. The van der Waals surface area contributed by atoms with Gasteiger partial charge in [-0.2, -0.15) is 5.26 Å². The van der Waals surface area contributed by atoms with Crippen LogP contribution in [0.1, 0.15) is 29.7 Å². The molecule has 0 amide bonds. The van der Waals surface area contributed by atoms with Crippen LogP contribution in [0.5, 0.6) is 5.75 Å². The summed E-state index contributed by atoms with van der Waals surface area (Å²) in [6.07, 6.45) is 0. The molecular formula is C16H15FN2O. The minimum Gasteiger partial charge on any atom is -0.489 e. The fourth-order valence-electron chi connectivity index (χ4n) is 1.95. The smallest absolute Gasteiger partial charge is 0.124 e. The summed E-state index contributed by atoms with van der Waals surface area (Å²) in [5.41, 5.74) is 7.66. The quantitative estimate of drug-likeness (QED) is 0.927. The Bertz CT molecular complexity index is 647. The maximum Gasteiger partial charge on any atom is 0.124 e. The van der Waals surface area contributed by atoms with Crippen LogP contribution in [-0.2, 0) is 6.61 Å². The average molecular weight is 270 g/mol. The van der Waals surface area contributed by atoms with Crippen molar-refractivity contribution in [2.75, 3.05) is 0 Å². The lowest BCUT2D eigenvalue weighted by molar-refractivity contribution is 0.301. The molecule has 2 rings (SSSR count). The number of hydrogen-bond donors (Lipinski definition) is 1. The third-order valence-electron chi connectivity index (χ3n) is 2.89. The number of nitrogens with zero attached hydrogens (tertiary/aromatic N) is 1. The van der Waals surface area contributed by atoms with Crippen molar-refractivity contribution >= 4 is 0 Å². The monoisotopic (exact) mass is 270 g/mol. The van der Waals surface area contributed by atoms with Crippen molar-refractivity contribution in [1.82, 2.24) is 0 Å². The molecule has 0 aromatic heterocycles. The van der Waals surface area contributed by atoms with Gasteiger partial charge in [-0.1, -0.05) is 18.2 Å². The van der Waals surface area contributed by atoms with Crippen LogP contribution in [0.2, 0.25) is 0 Å². The van der Waals surface area contributed by atoms with Crippen LogP contribution in [0.4, 0.5) is 4.39 Å². The van der Waals surface area contributed by atoms with Crippen molar-refractivity contribution < 1.29 is 9.13 Å². The van der Waals surface area contributed by atoms with Crippen LogP contribution >= 0.6 is 0 Å². The molecule has 2 aromatic rings. The van der Waals surface area contributed by atoms with E-state index in [-0.39, 0.29) is 18.2 Å². The van der Waals surface area contributed by atoms with E-state index in [9.17, 15) is 4.39 Å². The van der Waals surface area contributed by atoms with Gasteiger partial charge in [0.2, 0.25) is 0 Å². The molecule has 0 heterocycles. The molecule has 2 N–H and O–H groups in total. The molecule has 3 nitrogen and oxygen atoms in total. The van der Waals surface area contributed by atoms with E-state index in [1.54, 1.807) is 6.07 Å². The second kappa shape index (κ2) is 6.18. The van der Waals surface area contributed by atoms with Crippen LogP contribution in [0.25, 0.3) is 0 Å². The highest BCUT2D eigenvalue weighted by molar-refractivity contribution is 5.37. The van der Waals surface area contributed by atoms with Crippen molar-refractivity contribution in [3.8, 4) is 11.8 Å². The van der Waals surface area contributed by atoms with Gasteiger partial charge in [-0.05, 0) is 36.8 Å². The molecule has 20 heavy (non-hydrogen) atoms. The Morgan fingerprint density at radius 3 is 2.75 bits per heavy atom. The van der Waals surface area contributed by atoms with Gasteiger partial charge < -0.3 is 10.5 Å². The zero-order chi connectivity index (χ0) is 14.5. The lowest BCUT2D eigenvalue weighted by atomic mass is 10.1. The molecule has 0 fully saturated rings. The van der Waals surface area contributed by atoms with E-state index < -0.39 is 5.82 Å². The summed E-state index contributed by atoms with van der Waals surface area (Å²) in [7, 11) is 0.